The van der Waals surface area contributed by atoms with Crippen LogP contribution in [0.15, 0.2) is 72.1 Å². The molecular formula is C24H23N5O2S. The predicted octanol–water partition coefficient (Wildman–Crippen LogP) is 4.69. The van der Waals surface area contributed by atoms with E-state index in [2.05, 4.69) is 20.5 Å². The summed E-state index contributed by atoms with van der Waals surface area (Å²) in [6, 6.07) is 17.3. The van der Waals surface area contributed by atoms with Crippen LogP contribution in [0.25, 0.3) is 17.1 Å². The maximum Gasteiger partial charge on any atom is 0.234 e. The minimum Gasteiger partial charge on any atom is -0.497 e. The van der Waals surface area contributed by atoms with Crippen LogP contribution in [0.2, 0.25) is 0 Å². The fourth-order valence-electron chi connectivity index (χ4n) is 3.16. The Hall–Kier alpha value is -3.65. The molecule has 0 aliphatic rings. The predicted molar refractivity (Wildman–Crippen MR) is 126 cm³/mol. The summed E-state index contributed by atoms with van der Waals surface area (Å²) in [4.78, 5) is 16.7. The van der Waals surface area contributed by atoms with Crippen molar-refractivity contribution in [1.82, 2.24) is 19.7 Å². The lowest BCUT2D eigenvalue weighted by molar-refractivity contribution is -0.113. The van der Waals surface area contributed by atoms with Gasteiger partial charge in [-0.1, -0.05) is 17.8 Å². The normalized spacial score (nSPS) is 10.7. The number of hydrogen-bond donors (Lipinski definition) is 1. The van der Waals surface area contributed by atoms with E-state index in [-0.39, 0.29) is 11.7 Å². The fourth-order valence-corrected chi connectivity index (χ4v) is 3.91. The standard InChI is InChI=1S/C24H23N5O2S/c1-16-4-5-19(14-17(16)2)26-22(30)15-32-24-28-27-23(18-10-12-25-13-11-18)29(24)20-6-8-21(31-3)9-7-20/h4-14H,15H2,1-3H3,(H,26,30). The summed E-state index contributed by atoms with van der Waals surface area (Å²) in [6.45, 7) is 4.07. The van der Waals surface area contributed by atoms with Gasteiger partial charge in [0.05, 0.1) is 12.9 Å². The number of hydrogen-bond acceptors (Lipinski definition) is 6. The molecule has 0 aliphatic carbocycles. The average molecular weight is 446 g/mol. The van der Waals surface area contributed by atoms with Gasteiger partial charge in [-0.15, -0.1) is 10.2 Å². The summed E-state index contributed by atoms with van der Waals surface area (Å²) in [5, 5.41) is 12.3. The van der Waals surface area contributed by atoms with Crippen molar-refractivity contribution in [3.63, 3.8) is 0 Å². The monoisotopic (exact) mass is 445 g/mol. The molecule has 7 nitrogen and oxygen atoms in total. The summed E-state index contributed by atoms with van der Waals surface area (Å²) in [6.07, 6.45) is 3.43. The second-order valence-corrected chi connectivity index (χ2v) is 8.15. The molecule has 0 fully saturated rings. The molecular weight excluding hydrogens is 422 g/mol. The van der Waals surface area contributed by atoms with E-state index < -0.39 is 0 Å². The molecule has 2 aromatic carbocycles. The summed E-state index contributed by atoms with van der Waals surface area (Å²) >= 11 is 1.33. The van der Waals surface area contributed by atoms with Crippen LogP contribution in [0, 0.1) is 13.8 Å². The van der Waals surface area contributed by atoms with Crippen LogP contribution in [0.3, 0.4) is 0 Å². The van der Waals surface area contributed by atoms with E-state index in [1.165, 1.54) is 17.3 Å². The van der Waals surface area contributed by atoms with Crippen molar-refractivity contribution in [3.05, 3.63) is 78.1 Å². The van der Waals surface area contributed by atoms with Crippen LogP contribution >= 0.6 is 11.8 Å². The second kappa shape index (κ2) is 9.65. The van der Waals surface area contributed by atoms with Crippen molar-refractivity contribution in [2.75, 3.05) is 18.2 Å². The number of methoxy groups -OCH3 is 1. The average Bonchev–Trinajstić information content (AvgIpc) is 3.25. The van der Waals surface area contributed by atoms with E-state index in [4.69, 9.17) is 4.74 Å². The van der Waals surface area contributed by atoms with Gasteiger partial charge >= 0.3 is 0 Å². The molecule has 0 aliphatic heterocycles. The summed E-state index contributed by atoms with van der Waals surface area (Å²) in [7, 11) is 1.63. The number of rotatable bonds is 7. The maximum atomic E-state index is 12.6. The first-order valence-electron chi connectivity index (χ1n) is 10.1. The maximum absolute atomic E-state index is 12.6. The Kier molecular flexibility index (Phi) is 6.51. The zero-order chi connectivity index (χ0) is 22.5. The molecule has 162 valence electrons. The van der Waals surface area contributed by atoms with Crippen molar-refractivity contribution in [3.8, 4) is 22.8 Å². The zero-order valence-corrected chi connectivity index (χ0v) is 18.9. The number of amides is 1. The van der Waals surface area contributed by atoms with E-state index in [1.54, 1.807) is 19.5 Å². The molecule has 2 aromatic heterocycles. The number of thioether (sulfide) groups is 1. The molecule has 0 spiro atoms. The highest BCUT2D eigenvalue weighted by molar-refractivity contribution is 7.99. The number of ether oxygens (including phenoxy) is 1. The van der Waals surface area contributed by atoms with Crippen LogP contribution in [0.1, 0.15) is 11.1 Å². The van der Waals surface area contributed by atoms with Crippen molar-refractivity contribution in [2.45, 2.75) is 19.0 Å². The number of carbonyl (C=O) groups is 1. The van der Waals surface area contributed by atoms with Gasteiger partial charge in [-0.05, 0) is 73.5 Å². The molecule has 1 amide bonds. The van der Waals surface area contributed by atoms with Gasteiger partial charge in [-0.3, -0.25) is 14.3 Å². The third-order valence-electron chi connectivity index (χ3n) is 5.03. The topological polar surface area (TPSA) is 81.9 Å². The van der Waals surface area contributed by atoms with Crippen LogP contribution in [-0.2, 0) is 4.79 Å². The summed E-state index contributed by atoms with van der Waals surface area (Å²) < 4.78 is 7.21. The third kappa shape index (κ3) is 4.81. The van der Waals surface area contributed by atoms with Crippen LogP contribution in [0.5, 0.6) is 5.75 Å². The van der Waals surface area contributed by atoms with Gasteiger partial charge in [0, 0.05) is 29.3 Å². The molecule has 32 heavy (non-hydrogen) atoms. The molecule has 0 unspecified atom stereocenters. The SMILES string of the molecule is COc1ccc(-n2c(SCC(=O)Nc3ccc(C)c(C)c3)nnc2-c2ccncc2)cc1. The molecule has 4 aromatic rings. The lowest BCUT2D eigenvalue weighted by Crippen LogP contribution is -2.14. The van der Waals surface area contributed by atoms with E-state index >= 15 is 0 Å². The lowest BCUT2D eigenvalue weighted by Gasteiger charge is -2.11. The highest BCUT2D eigenvalue weighted by atomic mass is 32.2. The van der Waals surface area contributed by atoms with Gasteiger partial charge < -0.3 is 10.1 Å². The Bertz CT molecular complexity index is 1220. The quantitative estimate of drug-likeness (QED) is 0.416. The number of aromatic nitrogens is 4. The Morgan fingerprint density at radius 1 is 1.00 bits per heavy atom. The first-order chi connectivity index (χ1) is 15.5. The Morgan fingerprint density at radius 3 is 2.44 bits per heavy atom. The number of anilines is 1. The van der Waals surface area contributed by atoms with Crippen molar-refractivity contribution in [2.24, 2.45) is 0 Å². The van der Waals surface area contributed by atoms with Gasteiger partial charge in [0.25, 0.3) is 0 Å². The smallest absolute Gasteiger partial charge is 0.234 e. The van der Waals surface area contributed by atoms with E-state index in [0.29, 0.717) is 11.0 Å². The number of carbonyl (C=O) groups excluding carboxylic acids is 1. The Labute approximate surface area is 190 Å². The van der Waals surface area contributed by atoms with E-state index in [9.17, 15) is 4.79 Å². The van der Waals surface area contributed by atoms with E-state index in [0.717, 1.165) is 28.3 Å². The van der Waals surface area contributed by atoms with Crippen LogP contribution in [-0.4, -0.2) is 38.5 Å². The lowest BCUT2D eigenvalue weighted by atomic mass is 10.1. The zero-order valence-electron chi connectivity index (χ0n) is 18.1. The molecule has 0 saturated heterocycles. The molecule has 2 heterocycles. The highest BCUT2D eigenvalue weighted by Crippen LogP contribution is 2.28. The first-order valence-corrected chi connectivity index (χ1v) is 11.0. The highest BCUT2D eigenvalue weighted by Gasteiger charge is 2.17. The second-order valence-electron chi connectivity index (χ2n) is 7.21. The number of aryl methyl sites for hydroxylation is 2. The van der Waals surface area contributed by atoms with Crippen LogP contribution < -0.4 is 10.1 Å². The van der Waals surface area contributed by atoms with Gasteiger partial charge in [0.1, 0.15) is 5.75 Å². The molecule has 0 atom stereocenters. The number of benzene rings is 2. The Morgan fingerprint density at radius 2 is 1.75 bits per heavy atom. The molecule has 0 bridgehead atoms. The summed E-state index contributed by atoms with van der Waals surface area (Å²) in [5.41, 5.74) is 4.87. The van der Waals surface area contributed by atoms with Gasteiger partial charge in [0.15, 0.2) is 11.0 Å². The van der Waals surface area contributed by atoms with Gasteiger partial charge in [0.2, 0.25) is 5.91 Å². The van der Waals surface area contributed by atoms with Gasteiger partial charge in [-0.25, -0.2) is 0 Å². The molecule has 0 saturated carbocycles. The molecule has 1 N–H and O–H groups in total. The van der Waals surface area contributed by atoms with Gasteiger partial charge in [-0.2, -0.15) is 0 Å². The number of pyridine rings is 1. The fraction of sp³-hybridized carbons (Fsp3) is 0.167. The third-order valence-corrected chi connectivity index (χ3v) is 5.95. The first kappa shape index (κ1) is 21.6. The number of nitrogens with one attached hydrogen (secondary N) is 1. The minimum atomic E-state index is -0.104. The number of nitrogens with zero attached hydrogens (tertiary/aromatic N) is 4. The van der Waals surface area contributed by atoms with Crippen molar-refractivity contribution < 1.29 is 9.53 Å². The summed E-state index contributed by atoms with van der Waals surface area (Å²) in [5.74, 6) is 1.54. The molecule has 0 radical (unpaired) electrons. The van der Waals surface area contributed by atoms with E-state index in [1.807, 2.05) is 73.0 Å². The molecule has 8 heteroatoms. The van der Waals surface area contributed by atoms with Crippen LogP contribution in [0.4, 0.5) is 5.69 Å². The Balaban J connectivity index is 1.58. The largest absolute Gasteiger partial charge is 0.497 e. The van der Waals surface area contributed by atoms with Crippen molar-refractivity contribution in [1.29, 1.82) is 0 Å². The molecule has 4 rings (SSSR count). The minimum absolute atomic E-state index is 0.104. The van der Waals surface area contributed by atoms with Crippen molar-refractivity contribution >= 4 is 23.4 Å².